The van der Waals surface area contributed by atoms with E-state index in [-0.39, 0.29) is 30.2 Å². The number of halogens is 1. The van der Waals surface area contributed by atoms with Gasteiger partial charge in [-0.1, -0.05) is 11.6 Å². The Morgan fingerprint density at radius 1 is 1.23 bits per heavy atom. The molecule has 12 heteroatoms. The summed E-state index contributed by atoms with van der Waals surface area (Å²) in [6.07, 6.45) is 0.452. The second kappa shape index (κ2) is 7.84. The summed E-state index contributed by atoms with van der Waals surface area (Å²) in [5.41, 5.74) is 7.48. The first kappa shape index (κ1) is 20.9. The van der Waals surface area contributed by atoms with Crippen molar-refractivity contribution in [1.82, 2.24) is 24.5 Å². The Balaban J connectivity index is 1.28. The zero-order valence-corrected chi connectivity index (χ0v) is 18.9. The second-order valence-electron chi connectivity index (χ2n) is 7.64. The highest BCUT2D eigenvalue weighted by Gasteiger charge is 2.33. The molecule has 5 rings (SSSR count). The number of piperazine rings is 1. The molecule has 31 heavy (non-hydrogen) atoms. The van der Waals surface area contributed by atoms with Gasteiger partial charge in [0, 0.05) is 59.9 Å². The Morgan fingerprint density at radius 3 is 2.77 bits per heavy atom. The lowest BCUT2D eigenvalue weighted by atomic mass is 10.2. The van der Waals surface area contributed by atoms with Gasteiger partial charge in [-0.2, -0.15) is 4.31 Å². The van der Waals surface area contributed by atoms with Gasteiger partial charge in [0.25, 0.3) is 15.9 Å². The monoisotopic (exact) mass is 480 g/mol. The van der Waals surface area contributed by atoms with Crippen LogP contribution in [-0.2, 0) is 23.0 Å². The zero-order chi connectivity index (χ0) is 21.8. The van der Waals surface area contributed by atoms with E-state index in [0.29, 0.717) is 41.6 Å². The van der Waals surface area contributed by atoms with Crippen molar-refractivity contribution in [1.29, 1.82) is 0 Å². The quantitative estimate of drug-likeness (QED) is 0.520. The van der Waals surface area contributed by atoms with Crippen LogP contribution >= 0.6 is 22.9 Å². The first-order valence-electron chi connectivity index (χ1n) is 9.86. The molecule has 2 aromatic heterocycles. The van der Waals surface area contributed by atoms with Crippen LogP contribution in [0, 0.1) is 0 Å². The van der Waals surface area contributed by atoms with Gasteiger partial charge in [-0.3, -0.25) is 10.1 Å². The summed E-state index contributed by atoms with van der Waals surface area (Å²) in [6.45, 7) is 1.69. The molecule has 1 atom stereocenters. The van der Waals surface area contributed by atoms with E-state index in [1.807, 2.05) is 0 Å². The van der Waals surface area contributed by atoms with Gasteiger partial charge in [0.15, 0.2) is 5.01 Å². The van der Waals surface area contributed by atoms with Crippen molar-refractivity contribution in [2.24, 2.45) is 5.73 Å². The standard InChI is InChI=1S/C19H21ClN6O3S2/c20-12-1-2-13-11(7-12)8-17(23-13)31(28,29)26-5-3-25(4-6-26)19(27)18-24-14-9-16(21)22-10-15(14)30-18/h1-2,7-8,16,22-23H,3-6,9-10,21H2. The van der Waals surface area contributed by atoms with Crippen LogP contribution in [0.15, 0.2) is 29.3 Å². The largest absolute Gasteiger partial charge is 0.345 e. The summed E-state index contributed by atoms with van der Waals surface area (Å²) < 4.78 is 27.6. The first-order valence-corrected chi connectivity index (χ1v) is 12.5. The SMILES string of the molecule is NC1Cc2nc(C(=O)N3CCN(S(=O)(=O)c4cc5cc(Cl)ccc5[nH]4)CC3)sc2CN1. The third-order valence-corrected chi connectivity index (χ3v) is 8.74. The molecule has 0 spiro atoms. The molecule has 3 aromatic rings. The third kappa shape index (κ3) is 3.86. The predicted octanol–water partition coefficient (Wildman–Crippen LogP) is 1.36. The predicted molar refractivity (Wildman–Crippen MR) is 119 cm³/mol. The van der Waals surface area contributed by atoms with Gasteiger partial charge in [0.05, 0.1) is 11.9 Å². The average molecular weight is 481 g/mol. The van der Waals surface area contributed by atoms with E-state index >= 15 is 0 Å². The fourth-order valence-electron chi connectivity index (χ4n) is 3.90. The minimum Gasteiger partial charge on any atom is -0.345 e. The molecule has 1 aromatic carbocycles. The van der Waals surface area contributed by atoms with Gasteiger partial charge >= 0.3 is 0 Å². The fourth-order valence-corrected chi connectivity index (χ4v) is 6.52. The Hall–Kier alpha value is -2.02. The van der Waals surface area contributed by atoms with Crippen LogP contribution in [0.25, 0.3) is 10.9 Å². The van der Waals surface area contributed by atoms with Crippen molar-refractivity contribution < 1.29 is 13.2 Å². The summed E-state index contributed by atoms with van der Waals surface area (Å²) in [7, 11) is -3.70. The van der Waals surface area contributed by atoms with Crippen LogP contribution < -0.4 is 11.1 Å². The number of carbonyl (C=O) groups is 1. The number of nitrogens with zero attached hydrogens (tertiary/aromatic N) is 3. The van der Waals surface area contributed by atoms with E-state index in [9.17, 15) is 13.2 Å². The number of nitrogens with two attached hydrogens (primary N) is 1. The van der Waals surface area contributed by atoms with Crippen molar-refractivity contribution in [3.63, 3.8) is 0 Å². The molecule has 1 amide bonds. The Bertz CT molecular complexity index is 1260. The number of benzene rings is 1. The molecule has 0 radical (unpaired) electrons. The number of thiazole rings is 1. The molecule has 0 saturated carbocycles. The van der Waals surface area contributed by atoms with Gasteiger partial charge in [-0.15, -0.1) is 11.3 Å². The topological polar surface area (TPSA) is 124 Å². The number of aromatic nitrogens is 2. The smallest absolute Gasteiger partial charge is 0.282 e. The molecule has 1 saturated heterocycles. The highest BCUT2D eigenvalue weighted by Crippen LogP contribution is 2.26. The summed E-state index contributed by atoms with van der Waals surface area (Å²) in [4.78, 5) is 23.0. The molecule has 4 N–H and O–H groups in total. The van der Waals surface area contributed by atoms with Crippen LogP contribution in [0.1, 0.15) is 20.4 Å². The summed E-state index contributed by atoms with van der Waals surface area (Å²) in [5, 5.41) is 5.00. The van der Waals surface area contributed by atoms with Gasteiger partial charge in [-0.05, 0) is 24.3 Å². The normalized spacial score (nSPS) is 20.2. The van der Waals surface area contributed by atoms with Crippen LogP contribution in [0.3, 0.4) is 0 Å². The minimum absolute atomic E-state index is 0.126. The zero-order valence-electron chi connectivity index (χ0n) is 16.5. The highest BCUT2D eigenvalue weighted by atomic mass is 35.5. The molecule has 1 fully saturated rings. The highest BCUT2D eigenvalue weighted by molar-refractivity contribution is 7.89. The number of hydrogen-bond donors (Lipinski definition) is 3. The fraction of sp³-hybridized carbons (Fsp3) is 0.368. The number of H-pyrrole nitrogens is 1. The van der Waals surface area contributed by atoms with Gasteiger partial charge in [0.1, 0.15) is 5.03 Å². The number of nitrogens with one attached hydrogen (secondary N) is 2. The molecular formula is C19H21ClN6O3S2. The number of hydrogen-bond acceptors (Lipinski definition) is 7. The molecule has 4 heterocycles. The molecule has 0 bridgehead atoms. The van der Waals surface area contributed by atoms with E-state index in [1.54, 1.807) is 29.2 Å². The first-order chi connectivity index (χ1) is 14.8. The Kier molecular flexibility index (Phi) is 5.27. The van der Waals surface area contributed by atoms with Gasteiger partial charge in [-0.25, -0.2) is 13.4 Å². The number of amides is 1. The number of fused-ring (bicyclic) bond motifs is 2. The van der Waals surface area contributed by atoms with E-state index in [1.165, 1.54) is 15.6 Å². The molecule has 164 valence electrons. The Labute approximate surface area is 188 Å². The summed E-state index contributed by atoms with van der Waals surface area (Å²) in [5.74, 6) is -0.162. The Morgan fingerprint density at radius 2 is 2.00 bits per heavy atom. The van der Waals surface area contributed by atoms with Crippen molar-refractivity contribution >= 4 is 49.8 Å². The van der Waals surface area contributed by atoms with Gasteiger partial charge < -0.3 is 15.6 Å². The summed E-state index contributed by atoms with van der Waals surface area (Å²) >= 11 is 7.38. The molecule has 2 aliphatic heterocycles. The maximum absolute atomic E-state index is 13.1. The molecule has 2 aliphatic rings. The maximum atomic E-state index is 13.1. The minimum atomic E-state index is -3.70. The van der Waals surface area contributed by atoms with Gasteiger partial charge in [0.2, 0.25) is 0 Å². The van der Waals surface area contributed by atoms with Crippen LogP contribution in [0.5, 0.6) is 0 Å². The molecule has 1 unspecified atom stereocenters. The van der Waals surface area contributed by atoms with Crippen LogP contribution in [0.4, 0.5) is 0 Å². The number of aromatic amines is 1. The van der Waals surface area contributed by atoms with Crippen molar-refractivity contribution in [2.45, 2.75) is 24.2 Å². The van der Waals surface area contributed by atoms with Crippen LogP contribution in [0.2, 0.25) is 5.02 Å². The lowest BCUT2D eigenvalue weighted by molar-refractivity contribution is 0.0697. The van der Waals surface area contributed by atoms with E-state index in [4.69, 9.17) is 17.3 Å². The lowest BCUT2D eigenvalue weighted by Gasteiger charge is -2.33. The number of carbonyl (C=O) groups excluding carboxylic acids is 1. The lowest BCUT2D eigenvalue weighted by Crippen LogP contribution is -2.50. The van der Waals surface area contributed by atoms with Crippen molar-refractivity contribution in [3.8, 4) is 0 Å². The third-order valence-electron chi connectivity index (χ3n) is 5.60. The maximum Gasteiger partial charge on any atom is 0.282 e. The van der Waals surface area contributed by atoms with E-state index in [0.717, 1.165) is 16.0 Å². The van der Waals surface area contributed by atoms with E-state index in [2.05, 4.69) is 15.3 Å². The molecule has 0 aliphatic carbocycles. The van der Waals surface area contributed by atoms with Crippen molar-refractivity contribution in [2.75, 3.05) is 26.2 Å². The summed E-state index contributed by atoms with van der Waals surface area (Å²) in [6, 6.07) is 6.77. The molecular weight excluding hydrogens is 460 g/mol. The van der Waals surface area contributed by atoms with Crippen molar-refractivity contribution in [3.05, 3.63) is 44.9 Å². The number of sulfonamides is 1. The average Bonchev–Trinajstić information content (AvgIpc) is 3.37. The number of rotatable bonds is 3. The van der Waals surface area contributed by atoms with Crippen LogP contribution in [-0.4, -0.2) is 65.8 Å². The van der Waals surface area contributed by atoms with E-state index < -0.39 is 10.0 Å². The second-order valence-corrected chi connectivity index (χ2v) is 11.1. The molecule has 9 nitrogen and oxygen atoms in total.